The van der Waals surface area contributed by atoms with E-state index in [0.29, 0.717) is 19.3 Å². The van der Waals surface area contributed by atoms with Gasteiger partial charge in [-0.3, -0.25) is 0 Å². The van der Waals surface area contributed by atoms with E-state index in [9.17, 15) is 0 Å². The van der Waals surface area contributed by atoms with E-state index >= 15 is 0 Å². The van der Waals surface area contributed by atoms with E-state index in [-0.39, 0.29) is 0 Å². The molecule has 0 bridgehead atoms. The van der Waals surface area contributed by atoms with E-state index in [1.807, 2.05) is 6.07 Å². The molecule has 0 radical (unpaired) electrons. The molecule has 0 amide bonds. The number of anilines is 1. The number of ether oxygens (including phenoxy) is 2. The van der Waals surface area contributed by atoms with Gasteiger partial charge in [-0.2, -0.15) is 0 Å². The lowest BCUT2D eigenvalue weighted by Gasteiger charge is -2.14. The predicted molar refractivity (Wildman–Crippen MR) is 72.6 cm³/mol. The fourth-order valence-corrected chi connectivity index (χ4v) is 2.40. The summed E-state index contributed by atoms with van der Waals surface area (Å²) in [5.74, 6) is 0. The molecular weight excluding hydrogens is 228 g/mol. The van der Waals surface area contributed by atoms with Crippen LogP contribution in [-0.4, -0.2) is 33.5 Å². The molecule has 2 rings (SSSR count). The molecular formula is C14H22N2O2. The molecule has 3 N–H and O–H groups in total. The van der Waals surface area contributed by atoms with Crippen molar-refractivity contribution in [2.75, 3.05) is 39.2 Å². The first kappa shape index (κ1) is 13.3. The summed E-state index contributed by atoms with van der Waals surface area (Å²) >= 11 is 0. The molecule has 1 aromatic carbocycles. The first-order chi connectivity index (χ1) is 8.81. The Bertz CT molecular complexity index is 382. The van der Waals surface area contributed by atoms with Crippen LogP contribution in [0.3, 0.4) is 0 Å². The van der Waals surface area contributed by atoms with E-state index in [2.05, 4.69) is 17.4 Å². The average molecular weight is 250 g/mol. The summed E-state index contributed by atoms with van der Waals surface area (Å²) in [6.45, 7) is 2.92. The third kappa shape index (κ3) is 3.45. The number of aryl methyl sites for hydroxylation is 1. The average Bonchev–Trinajstić information content (AvgIpc) is 2.76. The summed E-state index contributed by atoms with van der Waals surface area (Å²) in [7, 11) is 1.68. The molecule has 0 saturated heterocycles. The van der Waals surface area contributed by atoms with Gasteiger partial charge in [-0.15, -0.1) is 0 Å². The van der Waals surface area contributed by atoms with Crippen molar-refractivity contribution in [3.8, 4) is 0 Å². The second-order valence-corrected chi connectivity index (χ2v) is 4.61. The quantitative estimate of drug-likeness (QED) is 0.569. The number of fused-ring (bicyclic) bond motifs is 1. The Morgan fingerprint density at radius 2 is 2.22 bits per heavy atom. The molecule has 0 saturated carbocycles. The molecule has 1 aliphatic rings. The van der Waals surface area contributed by atoms with Crippen LogP contribution < -0.4 is 11.1 Å². The summed E-state index contributed by atoms with van der Waals surface area (Å²) < 4.78 is 10.4. The minimum Gasteiger partial charge on any atom is -0.399 e. The zero-order valence-electron chi connectivity index (χ0n) is 10.9. The minimum atomic E-state index is 0.451. The number of methoxy groups -OCH3 is 1. The van der Waals surface area contributed by atoms with E-state index in [0.717, 1.165) is 31.7 Å². The highest BCUT2D eigenvalue weighted by Crippen LogP contribution is 2.31. The van der Waals surface area contributed by atoms with Gasteiger partial charge < -0.3 is 20.5 Å². The van der Waals surface area contributed by atoms with E-state index in [1.165, 1.54) is 11.1 Å². The van der Waals surface area contributed by atoms with Crippen LogP contribution >= 0.6 is 0 Å². The largest absolute Gasteiger partial charge is 0.399 e. The lowest BCUT2D eigenvalue weighted by atomic mass is 10.1. The van der Waals surface area contributed by atoms with Crippen molar-refractivity contribution in [3.05, 3.63) is 29.3 Å². The molecule has 18 heavy (non-hydrogen) atoms. The van der Waals surface area contributed by atoms with Crippen LogP contribution in [0.2, 0.25) is 0 Å². The van der Waals surface area contributed by atoms with Crippen molar-refractivity contribution in [1.29, 1.82) is 0 Å². The van der Waals surface area contributed by atoms with Crippen LogP contribution in [0.5, 0.6) is 0 Å². The van der Waals surface area contributed by atoms with Gasteiger partial charge in [-0.05, 0) is 36.1 Å². The monoisotopic (exact) mass is 250 g/mol. The number of nitrogen functional groups attached to an aromatic ring is 1. The zero-order valence-corrected chi connectivity index (χ0v) is 10.9. The number of rotatable bonds is 7. The highest BCUT2D eigenvalue weighted by Gasteiger charge is 2.21. The normalized spacial score (nSPS) is 17.9. The first-order valence-electron chi connectivity index (χ1n) is 6.49. The lowest BCUT2D eigenvalue weighted by molar-refractivity contribution is 0.0710. The molecule has 0 spiro atoms. The van der Waals surface area contributed by atoms with Gasteiger partial charge in [0.1, 0.15) is 0 Å². The van der Waals surface area contributed by atoms with Crippen molar-refractivity contribution < 1.29 is 9.47 Å². The molecule has 1 aromatic rings. The number of nitrogens with two attached hydrogens (primary N) is 1. The van der Waals surface area contributed by atoms with Crippen molar-refractivity contribution in [1.82, 2.24) is 5.32 Å². The summed E-state index contributed by atoms with van der Waals surface area (Å²) in [6, 6.07) is 6.66. The van der Waals surface area contributed by atoms with Crippen LogP contribution in [-0.2, 0) is 15.9 Å². The summed E-state index contributed by atoms with van der Waals surface area (Å²) in [6.07, 6.45) is 2.26. The molecule has 1 aliphatic carbocycles. The van der Waals surface area contributed by atoms with Crippen LogP contribution in [0.4, 0.5) is 5.69 Å². The van der Waals surface area contributed by atoms with Crippen LogP contribution in [0.25, 0.3) is 0 Å². The Kier molecular flexibility index (Phi) is 4.99. The Morgan fingerprint density at radius 1 is 1.33 bits per heavy atom. The number of hydrogen-bond acceptors (Lipinski definition) is 4. The van der Waals surface area contributed by atoms with Gasteiger partial charge in [0.05, 0.1) is 19.8 Å². The van der Waals surface area contributed by atoms with Gasteiger partial charge >= 0.3 is 0 Å². The molecule has 0 aliphatic heterocycles. The van der Waals surface area contributed by atoms with Crippen LogP contribution in [0.15, 0.2) is 18.2 Å². The second kappa shape index (κ2) is 6.73. The maximum absolute atomic E-state index is 5.79. The van der Waals surface area contributed by atoms with Crippen molar-refractivity contribution >= 4 is 5.69 Å². The minimum absolute atomic E-state index is 0.451. The van der Waals surface area contributed by atoms with Gasteiger partial charge in [0.25, 0.3) is 0 Å². The summed E-state index contributed by atoms with van der Waals surface area (Å²) in [5, 5.41) is 3.53. The number of benzene rings is 1. The molecule has 100 valence electrons. The van der Waals surface area contributed by atoms with E-state index < -0.39 is 0 Å². The maximum Gasteiger partial charge on any atom is 0.0700 e. The topological polar surface area (TPSA) is 56.5 Å². The van der Waals surface area contributed by atoms with Crippen molar-refractivity contribution in [3.63, 3.8) is 0 Å². The molecule has 0 aromatic heterocycles. The highest BCUT2D eigenvalue weighted by molar-refractivity contribution is 5.47. The Hall–Kier alpha value is -1.10. The SMILES string of the molecule is COCCOCCNC1CCc2cc(N)ccc21. The lowest BCUT2D eigenvalue weighted by Crippen LogP contribution is -2.24. The van der Waals surface area contributed by atoms with E-state index in [4.69, 9.17) is 15.2 Å². The Balaban J connectivity index is 1.73. The summed E-state index contributed by atoms with van der Waals surface area (Å²) in [4.78, 5) is 0. The Labute approximate surface area is 108 Å². The predicted octanol–water partition coefficient (Wildman–Crippen LogP) is 1.51. The smallest absolute Gasteiger partial charge is 0.0700 e. The fourth-order valence-electron chi connectivity index (χ4n) is 2.40. The molecule has 4 nitrogen and oxygen atoms in total. The molecule has 1 unspecified atom stereocenters. The molecule has 0 heterocycles. The number of hydrogen-bond donors (Lipinski definition) is 2. The van der Waals surface area contributed by atoms with Gasteiger partial charge in [-0.1, -0.05) is 6.07 Å². The zero-order chi connectivity index (χ0) is 12.8. The van der Waals surface area contributed by atoms with Gasteiger partial charge in [0.15, 0.2) is 0 Å². The third-order valence-corrected chi connectivity index (χ3v) is 3.31. The van der Waals surface area contributed by atoms with Gasteiger partial charge in [0.2, 0.25) is 0 Å². The van der Waals surface area contributed by atoms with Crippen LogP contribution in [0, 0.1) is 0 Å². The van der Waals surface area contributed by atoms with Crippen LogP contribution in [0.1, 0.15) is 23.6 Å². The van der Waals surface area contributed by atoms with E-state index in [1.54, 1.807) is 7.11 Å². The molecule has 1 atom stereocenters. The number of nitrogens with one attached hydrogen (secondary N) is 1. The fraction of sp³-hybridized carbons (Fsp3) is 0.571. The Morgan fingerprint density at radius 3 is 3.06 bits per heavy atom. The molecule has 0 fully saturated rings. The standard InChI is InChI=1S/C14H22N2O2/c1-17-8-9-18-7-6-16-14-5-2-11-10-12(15)3-4-13(11)14/h3-4,10,14,16H,2,5-9,15H2,1H3. The van der Waals surface area contributed by atoms with Crippen molar-refractivity contribution in [2.24, 2.45) is 0 Å². The summed E-state index contributed by atoms with van der Waals surface area (Å²) in [5.41, 5.74) is 9.42. The van der Waals surface area contributed by atoms with Crippen molar-refractivity contribution in [2.45, 2.75) is 18.9 Å². The first-order valence-corrected chi connectivity index (χ1v) is 6.49. The van der Waals surface area contributed by atoms with Gasteiger partial charge in [-0.25, -0.2) is 0 Å². The molecule has 4 heteroatoms. The third-order valence-electron chi connectivity index (χ3n) is 3.31. The highest BCUT2D eigenvalue weighted by atomic mass is 16.5. The second-order valence-electron chi connectivity index (χ2n) is 4.61. The maximum atomic E-state index is 5.79. The van der Waals surface area contributed by atoms with Gasteiger partial charge in [0, 0.05) is 25.4 Å².